The molecule has 0 rings (SSSR count). The molecule has 0 heterocycles. The molecule has 66 heavy (non-hydrogen) atoms. The minimum atomic E-state index is -4.53. The Morgan fingerprint density at radius 3 is 1.23 bits per heavy atom. The van der Waals surface area contributed by atoms with Gasteiger partial charge >= 0.3 is 5.97 Å². The molecule has 9 heteroatoms. The van der Waals surface area contributed by atoms with Crippen molar-refractivity contribution in [3.8, 4) is 0 Å². The minimum absolute atomic E-state index is 0.0285. The molecule has 0 saturated heterocycles. The summed E-state index contributed by atoms with van der Waals surface area (Å²) >= 11 is 0. The van der Waals surface area contributed by atoms with E-state index >= 15 is 0 Å². The second-order valence-electron chi connectivity index (χ2n) is 20.7. The van der Waals surface area contributed by atoms with E-state index in [-0.39, 0.29) is 25.8 Å². The highest BCUT2D eigenvalue weighted by Gasteiger charge is 2.20. The van der Waals surface area contributed by atoms with Gasteiger partial charge in [0.1, 0.15) is 19.3 Å². The molecule has 0 spiro atoms. The van der Waals surface area contributed by atoms with Gasteiger partial charge in [0.2, 0.25) is 0 Å². The third-order valence-electron chi connectivity index (χ3n) is 12.8. The summed E-state index contributed by atoms with van der Waals surface area (Å²) in [6.07, 6.45) is 60.7. The summed E-state index contributed by atoms with van der Waals surface area (Å²) in [4.78, 5) is 25.2. The molecule has 0 amide bonds. The van der Waals surface area contributed by atoms with Crippen LogP contribution in [0.3, 0.4) is 0 Å². The maximum atomic E-state index is 12.8. The molecule has 2 unspecified atom stereocenters. The van der Waals surface area contributed by atoms with Crippen molar-refractivity contribution >= 4 is 13.8 Å². The van der Waals surface area contributed by atoms with Gasteiger partial charge in [0, 0.05) is 13.0 Å². The normalized spacial score (nSPS) is 13.6. The number of phosphoric ester groups is 1. The predicted molar refractivity (Wildman–Crippen MR) is 282 cm³/mol. The average molecular weight is 954 g/mol. The Hall–Kier alpha value is -1.02. The Balaban J connectivity index is 4.05. The molecule has 8 nitrogen and oxygen atoms in total. The highest BCUT2D eigenvalue weighted by molar-refractivity contribution is 7.45. The lowest BCUT2D eigenvalue weighted by atomic mass is 10.0. The van der Waals surface area contributed by atoms with E-state index in [0.29, 0.717) is 24.1 Å². The molecule has 2 atom stereocenters. The number of phosphoric acid groups is 1. The van der Waals surface area contributed by atoms with Crippen LogP contribution in [0.4, 0.5) is 0 Å². The van der Waals surface area contributed by atoms with Crippen LogP contribution in [0.5, 0.6) is 0 Å². The van der Waals surface area contributed by atoms with Gasteiger partial charge in [-0.25, -0.2) is 0 Å². The second-order valence-corrected chi connectivity index (χ2v) is 22.1. The number of likely N-dealkylation sites (N-methyl/N-ethyl adjacent to an activating group) is 1. The Kier molecular flexibility index (Phi) is 49.6. The van der Waals surface area contributed by atoms with E-state index in [1.54, 1.807) is 0 Å². The number of unbranched alkanes of at least 4 members (excludes halogenated alkanes) is 36. The van der Waals surface area contributed by atoms with Gasteiger partial charge in [-0.15, -0.1) is 0 Å². The summed E-state index contributed by atoms with van der Waals surface area (Å²) in [7, 11) is 1.37. The quantitative estimate of drug-likeness (QED) is 0.0197. The molecule has 0 aromatic heterocycles. The molecule has 0 aliphatic heterocycles. The van der Waals surface area contributed by atoms with Crippen LogP contribution < -0.4 is 4.89 Å². The van der Waals surface area contributed by atoms with Crippen LogP contribution >= 0.6 is 7.82 Å². The molecular formula is C57H112NO7P. The van der Waals surface area contributed by atoms with Gasteiger partial charge in [0.05, 0.1) is 34.4 Å². The third-order valence-corrected chi connectivity index (χ3v) is 13.7. The van der Waals surface area contributed by atoms with E-state index in [1.165, 1.54) is 218 Å². The number of carbonyl (C=O) groups excluding carboxylic acids is 1. The molecule has 0 aromatic rings. The molecule has 0 aliphatic rings. The summed E-state index contributed by atoms with van der Waals surface area (Å²) < 4.78 is 34.9. The molecule has 392 valence electrons. The van der Waals surface area contributed by atoms with Crippen molar-refractivity contribution < 1.29 is 37.3 Å². The monoisotopic (exact) mass is 954 g/mol. The lowest BCUT2D eigenvalue weighted by Gasteiger charge is -2.28. The van der Waals surface area contributed by atoms with E-state index in [9.17, 15) is 14.3 Å². The Bertz CT molecular complexity index is 1110. The average Bonchev–Trinajstić information content (AvgIpc) is 3.28. The summed E-state index contributed by atoms with van der Waals surface area (Å²) in [5.41, 5.74) is 0. The molecule has 0 bridgehead atoms. The number of rotatable bonds is 54. The maximum Gasteiger partial charge on any atom is 0.306 e. The van der Waals surface area contributed by atoms with E-state index < -0.39 is 13.9 Å². The summed E-state index contributed by atoms with van der Waals surface area (Å²) in [6, 6.07) is 0. The third kappa shape index (κ3) is 53.9. The van der Waals surface area contributed by atoms with Gasteiger partial charge in [0.15, 0.2) is 0 Å². The maximum absolute atomic E-state index is 12.8. The zero-order chi connectivity index (χ0) is 48.3. The number of hydrogen-bond donors (Lipinski definition) is 0. The van der Waals surface area contributed by atoms with Gasteiger partial charge in [-0.1, -0.05) is 250 Å². The molecule has 0 aliphatic carbocycles. The number of hydrogen-bond acceptors (Lipinski definition) is 7. The molecule has 0 aromatic carbocycles. The standard InChI is InChI=1S/C57H112NO7P/c1-6-8-10-12-14-16-18-20-22-24-26-28-29-30-32-34-36-38-40-42-44-46-48-50-57(59)65-56(55-64-66(60,61)63-53-51-58(3,4)5)54-62-52-49-47-45-43-41-39-37-35-33-31-27-25-23-21-19-17-15-13-11-9-7-2/h18,20,24,26,56H,6-17,19,21-23,25,27-55H2,1-5H3/b20-18-,26-24-. The van der Waals surface area contributed by atoms with Crippen LogP contribution in [0.2, 0.25) is 0 Å². The van der Waals surface area contributed by atoms with E-state index in [1.807, 2.05) is 21.1 Å². The van der Waals surface area contributed by atoms with Crippen molar-refractivity contribution in [2.75, 3.05) is 54.1 Å². The van der Waals surface area contributed by atoms with E-state index in [0.717, 1.165) is 38.5 Å². The lowest BCUT2D eigenvalue weighted by molar-refractivity contribution is -0.870. The summed E-state index contributed by atoms with van der Waals surface area (Å²) in [5.74, 6) is -0.330. The van der Waals surface area contributed by atoms with Crippen molar-refractivity contribution in [2.45, 2.75) is 283 Å². The first-order valence-corrected chi connectivity index (χ1v) is 30.0. The number of allylic oxidation sites excluding steroid dienone is 4. The Morgan fingerprint density at radius 1 is 0.470 bits per heavy atom. The van der Waals surface area contributed by atoms with Gasteiger partial charge in [0.25, 0.3) is 7.82 Å². The number of esters is 1. The predicted octanol–water partition coefficient (Wildman–Crippen LogP) is 17.3. The van der Waals surface area contributed by atoms with Gasteiger partial charge in [-0.05, 0) is 44.9 Å². The number of nitrogens with zero attached hydrogens (tertiary/aromatic N) is 1. The Labute approximate surface area is 411 Å². The number of ether oxygens (including phenoxy) is 2. The van der Waals surface area contributed by atoms with E-state index in [4.69, 9.17) is 18.5 Å². The first kappa shape index (κ1) is 65.0. The zero-order valence-corrected chi connectivity index (χ0v) is 45.6. The smallest absolute Gasteiger partial charge is 0.306 e. The fourth-order valence-electron chi connectivity index (χ4n) is 8.35. The van der Waals surface area contributed by atoms with Gasteiger partial charge < -0.3 is 27.9 Å². The van der Waals surface area contributed by atoms with Crippen LogP contribution in [0.15, 0.2) is 24.3 Å². The molecule has 0 fully saturated rings. The van der Waals surface area contributed by atoms with Crippen molar-refractivity contribution in [1.82, 2.24) is 0 Å². The topological polar surface area (TPSA) is 94.1 Å². The first-order valence-electron chi connectivity index (χ1n) is 28.6. The molecule has 0 radical (unpaired) electrons. The van der Waals surface area contributed by atoms with Gasteiger partial charge in [-0.2, -0.15) is 0 Å². The molecular weight excluding hydrogens is 842 g/mol. The number of quaternary nitrogens is 1. The second kappa shape index (κ2) is 50.4. The van der Waals surface area contributed by atoms with Crippen molar-refractivity contribution in [1.29, 1.82) is 0 Å². The zero-order valence-electron chi connectivity index (χ0n) is 44.7. The van der Waals surface area contributed by atoms with Crippen LogP contribution in [-0.2, 0) is 27.9 Å². The summed E-state index contributed by atoms with van der Waals surface area (Å²) in [5, 5.41) is 0. The van der Waals surface area contributed by atoms with E-state index in [2.05, 4.69) is 38.2 Å². The fraction of sp³-hybridized carbons (Fsp3) is 0.912. The fourth-order valence-corrected chi connectivity index (χ4v) is 9.07. The highest BCUT2D eigenvalue weighted by atomic mass is 31.2. The molecule has 0 saturated carbocycles. The summed E-state index contributed by atoms with van der Waals surface area (Å²) in [6.45, 7) is 5.47. The van der Waals surface area contributed by atoms with Crippen LogP contribution in [-0.4, -0.2) is 70.7 Å². The largest absolute Gasteiger partial charge is 0.756 e. The van der Waals surface area contributed by atoms with Crippen molar-refractivity contribution in [3.05, 3.63) is 24.3 Å². The Morgan fingerprint density at radius 2 is 0.833 bits per heavy atom. The lowest BCUT2D eigenvalue weighted by Crippen LogP contribution is -2.37. The van der Waals surface area contributed by atoms with Crippen LogP contribution in [0, 0.1) is 0 Å². The van der Waals surface area contributed by atoms with Crippen LogP contribution in [0.25, 0.3) is 0 Å². The van der Waals surface area contributed by atoms with Crippen molar-refractivity contribution in [2.24, 2.45) is 0 Å². The first-order chi connectivity index (χ1) is 32.1. The molecule has 0 N–H and O–H groups in total. The van der Waals surface area contributed by atoms with Gasteiger partial charge in [-0.3, -0.25) is 9.36 Å². The SMILES string of the molecule is CCCCCCC/C=C\C/C=C\CCCCCCCCCCCCCC(=O)OC(COCCCCCCCCCCCCCCCCCCCCCCC)COP(=O)([O-])OCC[N+](C)(C)C. The minimum Gasteiger partial charge on any atom is -0.756 e. The number of carbonyl (C=O) groups is 1. The van der Waals surface area contributed by atoms with Crippen LogP contribution in [0.1, 0.15) is 277 Å². The highest BCUT2D eigenvalue weighted by Crippen LogP contribution is 2.38. The van der Waals surface area contributed by atoms with Crippen molar-refractivity contribution in [3.63, 3.8) is 0 Å².